The molecule has 110 valence electrons. The van der Waals surface area contributed by atoms with Crippen LogP contribution in [0.1, 0.15) is 15.9 Å². The highest BCUT2D eigenvalue weighted by atomic mass is 35.5. The van der Waals surface area contributed by atoms with E-state index in [1.165, 1.54) is 0 Å². The van der Waals surface area contributed by atoms with Crippen molar-refractivity contribution in [2.24, 2.45) is 0 Å². The summed E-state index contributed by atoms with van der Waals surface area (Å²) < 4.78 is 37.9. The standard InChI is InChI=1S/C14H8ClF3O2S/c15-9-2-1-3-10(7-9)21-12-5-4-8(14(16,17)18)6-11(12)13(19)20/h1-7H,(H,19,20). The van der Waals surface area contributed by atoms with E-state index in [1.807, 2.05) is 0 Å². The van der Waals surface area contributed by atoms with Gasteiger partial charge in [0.25, 0.3) is 0 Å². The molecule has 0 radical (unpaired) electrons. The van der Waals surface area contributed by atoms with Gasteiger partial charge in [-0.3, -0.25) is 0 Å². The Morgan fingerprint density at radius 1 is 1.14 bits per heavy atom. The summed E-state index contributed by atoms with van der Waals surface area (Å²) in [7, 11) is 0. The van der Waals surface area contributed by atoms with Crippen molar-refractivity contribution in [2.75, 3.05) is 0 Å². The molecule has 2 rings (SSSR count). The van der Waals surface area contributed by atoms with E-state index in [0.29, 0.717) is 16.0 Å². The average molecular weight is 333 g/mol. The van der Waals surface area contributed by atoms with Crippen LogP contribution in [0.3, 0.4) is 0 Å². The third-order valence-electron chi connectivity index (χ3n) is 2.56. The van der Waals surface area contributed by atoms with E-state index in [4.69, 9.17) is 16.7 Å². The Hall–Kier alpha value is -1.66. The normalized spacial score (nSPS) is 11.4. The number of benzene rings is 2. The number of hydrogen-bond donors (Lipinski definition) is 1. The summed E-state index contributed by atoms with van der Waals surface area (Å²) in [6, 6.07) is 9.27. The summed E-state index contributed by atoms with van der Waals surface area (Å²) in [5.41, 5.74) is -1.38. The van der Waals surface area contributed by atoms with Gasteiger partial charge in [0, 0.05) is 14.8 Å². The molecule has 0 aromatic heterocycles. The van der Waals surface area contributed by atoms with E-state index in [-0.39, 0.29) is 4.90 Å². The lowest BCUT2D eigenvalue weighted by Gasteiger charge is -2.11. The molecule has 21 heavy (non-hydrogen) atoms. The number of halogens is 4. The number of aromatic carboxylic acids is 1. The number of rotatable bonds is 3. The van der Waals surface area contributed by atoms with Crippen molar-refractivity contribution in [3.63, 3.8) is 0 Å². The monoisotopic (exact) mass is 332 g/mol. The fourth-order valence-corrected chi connectivity index (χ4v) is 2.85. The van der Waals surface area contributed by atoms with Gasteiger partial charge in [-0.2, -0.15) is 13.2 Å². The summed E-state index contributed by atoms with van der Waals surface area (Å²) in [6.45, 7) is 0. The van der Waals surface area contributed by atoms with Gasteiger partial charge in [0.2, 0.25) is 0 Å². The summed E-state index contributed by atoms with van der Waals surface area (Å²) >= 11 is 6.86. The molecule has 0 fully saturated rings. The van der Waals surface area contributed by atoms with E-state index < -0.39 is 23.3 Å². The van der Waals surface area contributed by atoms with Crippen LogP contribution in [0.2, 0.25) is 5.02 Å². The van der Waals surface area contributed by atoms with Gasteiger partial charge in [-0.05, 0) is 36.4 Å². The van der Waals surface area contributed by atoms with E-state index in [2.05, 4.69) is 0 Å². The highest BCUT2D eigenvalue weighted by Crippen LogP contribution is 2.36. The Bertz CT molecular complexity index is 686. The zero-order valence-electron chi connectivity index (χ0n) is 10.3. The zero-order valence-corrected chi connectivity index (χ0v) is 11.9. The molecule has 0 saturated heterocycles. The minimum atomic E-state index is -4.58. The fourth-order valence-electron chi connectivity index (χ4n) is 1.62. The molecule has 0 unspecified atom stereocenters. The Labute approximate surface area is 127 Å². The fraction of sp³-hybridized carbons (Fsp3) is 0.0714. The van der Waals surface area contributed by atoms with Gasteiger partial charge >= 0.3 is 12.1 Å². The molecule has 0 spiro atoms. The lowest BCUT2D eigenvalue weighted by Crippen LogP contribution is -2.08. The van der Waals surface area contributed by atoms with Gasteiger partial charge in [0.15, 0.2) is 0 Å². The third-order valence-corrected chi connectivity index (χ3v) is 3.86. The van der Waals surface area contributed by atoms with Gasteiger partial charge in [0.1, 0.15) is 0 Å². The van der Waals surface area contributed by atoms with Crippen LogP contribution in [0, 0.1) is 0 Å². The molecule has 2 aromatic rings. The van der Waals surface area contributed by atoms with Gasteiger partial charge in [0.05, 0.1) is 11.1 Å². The second-order valence-electron chi connectivity index (χ2n) is 4.07. The molecule has 2 aromatic carbocycles. The van der Waals surface area contributed by atoms with Crippen molar-refractivity contribution in [1.82, 2.24) is 0 Å². The highest BCUT2D eigenvalue weighted by Gasteiger charge is 2.31. The molecule has 7 heteroatoms. The first-order chi connectivity index (χ1) is 9.77. The summed E-state index contributed by atoms with van der Waals surface area (Å²) in [4.78, 5) is 12.0. The molecule has 0 aliphatic carbocycles. The van der Waals surface area contributed by atoms with Crippen molar-refractivity contribution in [1.29, 1.82) is 0 Å². The number of carbonyl (C=O) groups is 1. The topological polar surface area (TPSA) is 37.3 Å². The van der Waals surface area contributed by atoms with Crippen LogP contribution in [0.4, 0.5) is 13.2 Å². The molecular formula is C14H8ClF3O2S. The summed E-state index contributed by atoms with van der Waals surface area (Å²) in [6.07, 6.45) is -4.58. The van der Waals surface area contributed by atoms with Crippen molar-refractivity contribution in [3.05, 3.63) is 58.6 Å². The van der Waals surface area contributed by atoms with Crippen LogP contribution >= 0.6 is 23.4 Å². The Balaban J connectivity index is 2.42. The van der Waals surface area contributed by atoms with Crippen LogP contribution in [-0.2, 0) is 6.18 Å². The maximum atomic E-state index is 12.6. The van der Waals surface area contributed by atoms with Gasteiger partial charge in [-0.1, -0.05) is 29.4 Å². The van der Waals surface area contributed by atoms with Crippen LogP contribution in [0.15, 0.2) is 52.3 Å². The van der Waals surface area contributed by atoms with Gasteiger partial charge in [-0.25, -0.2) is 4.79 Å². The molecule has 0 saturated carbocycles. The van der Waals surface area contributed by atoms with Crippen LogP contribution in [0.25, 0.3) is 0 Å². The van der Waals surface area contributed by atoms with E-state index in [0.717, 1.165) is 23.9 Å². The maximum Gasteiger partial charge on any atom is 0.416 e. The lowest BCUT2D eigenvalue weighted by molar-refractivity contribution is -0.137. The molecule has 0 heterocycles. The molecule has 2 nitrogen and oxygen atoms in total. The van der Waals surface area contributed by atoms with Gasteiger partial charge < -0.3 is 5.11 Å². The first kappa shape index (κ1) is 15.7. The van der Waals surface area contributed by atoms with Crippen LogP contribution in [0.5, 0.6) is 0 Å². The second-order valence-corrected chi connectivity index (χ2v) is 5.63. The van der Waals surface area contributed by atoms with E-state index >= 15 is 0 Å². The first-order valence-electron chi connectivity index (χ1n) is 5.65. The van der Waals surface area contributed by atoms with E-state index in [1.54, 1.807) is 24.3 Å². The summed E-state index contributed by atoms with van der Waals surface area (Å²) in [5, 5.41) is 9.54. The Kier molecular flexibility index (Phi) is 4.49. The molecule has 0 aliphatic heterocycles. The minimum absolute atomic E-state index is 0.220. The highest BCUT2D eigenvalue weighted by molar-refractivity contribution is 7.99. The first-order valence-corrected chi connectivity index (χ1v) is 6.85. The lowest BCUT2D eigenvalue weighted by atomic mass is 10.1. The number of carboxylic acid groups (broad SMARTS) is 1. The molecule has 0 bridgehead atoms. The summed E-state index contributed by atoms with van der Waals surface area (Å²) in [5.74, 6) is -1.41. The molecule has 0 aliphatic rings. The Morgan fingerprint density at radius 2 is 1.86 bits per heavy atom. The van der Waals surface area contributed by atoms with E-state index in [9.17, 15) is 18.0 Å². The number of hydrogen-bond acceptors (Lipinski definition) is 2. The Morgan fingerprint density at radius 3 is 2.43 bits per heavy atom. The molecule has 0 amide bonds. The average Bonchev–Trinajstić information content (AvgIpc) is 2.37. The molecule has 0 atom stereocenters. The van der Waals surface area contributed by atoms with Crippen molar-refractivity contribution in [3.8, 4) is 0 Å². The third kappa shape index (κ3) is 3.92. The quantitative estimate of drug-likeness (QED) is 0.838. The predicted molar refractivity (Wildman–Crippen MR) is 74.0 cm³/mol. The number of alkyl halides is 3. The molecular weight excluding hydrogens is 325 g/mol. The van der Waals surface area contributed by atoms with Crippen molar-refractivity contribution >= 4 is 29.3 Å². The maximum absolute atomic E-state index is 12.6. The molecule has 1 N–H and O–H groups in total. The predicted octanol–water partition coefficient (Wildman–Crippen LogP) is 5.21. The smallest absolute Gasteiger partial charge is 0.416 e. The largest absolute Gasteiger partial charge is 0.478 e. The van der Waals surface area contributed by atoms with Gasteiger partial charge in [-0.15, -0.1) is 0 Å². The van der Waals surface area contributed by atoms with Crippen LogP contribution in [-0.4, -0.2) is 11.1 Å². The van der Waals surface area contributed by atoms with Crippen molar-refractivity contribution in [2.45, 2.75) is 16.0 Å². The second kappa shape index (κ2) is 5.99. The SMILES string of the molecule is O=C(O)c1cc(C(F)(F)F)ccc1Sc1cccc(Cl)c1. The number of carboxylic acids is 1. The minimum Gasteiger partial charge on any atom is -0.478 e. The van der Waals surface area contributed by atoms with Crippen LogP contribution < -0.4 is 0 Å². The zero-order chi connectivity index (χ0) is 15.6. The van der Waals surface area contributed by atoms with Crippen molar-refractivity contribution < 1.29 is 23.1 Å².